The van der Waals surface area contributed by atoms with E-state index < -0.39 is 6.10 Å². The first-order chi connectivity index (χ1) is 5.56. The lowest BCUT2D eigenvalue weighted by Gasteiger charge is -2.10. The van der Waals surface area contributed by atoms with E-state index in [2.05, 4.69) is 5.32 Å². The van der Waals surface area contributed by atoms with Crippen LogP contribution in [0.5, 0.6) is 0 Å². The van der Waals surface area contributed by atoms with Crippen molar-refractivity contribution < 1.29 is 9.90 Å². The first kappa shape index (κ1) is 11.4. The molecule has 12 heavy (non-hydrogen) atoms. The molecule has 2 unspecified atom stereocenters. The van der Waals surface area contributed by atoms with Crippen LogP contribution < -0.4 is 11.1 Å². The van der Waals surface area contributed by atoms with Gasteiger partial charge in [0, 0.05) is 19.0 Å². The molecule has 0 rings (SSSR count). The van der Waals surface area contributed by atoms with Crippen LogP contribution in [0.4, 0.5) is 0 Å². The first-order valence-corrected chi connectivity index (χ1v) is 4.26. The molecule has 0 fully saturated rings. The third kappa shape index (κ3) is 6.12. The standard InChI is InChI=1S/C8H18N2O2/c1-3-7(11)5-10-8(12)4-6(2)9/h6-7,11H,3-5,9H2,1-2H3,(H,10,12). The van der Waals surface area contributed by atoms with Gasteiger partial charge >= 0.3 is 0 Å². The van der Waals surface area contributed by atoms with Gasteiger partial charge in [0.25, 0.3) is 0 Å². The normalized spacial score (nSPS) is 15.3. The molecule has 72 valence electrons. The molecule has 0 aromatic rings. The van der Waals surface area contributed by atoms with Gasteiger partial charge in [-0.25, -0.2) is 0 Å². The van der Waals surface area contributed by atoms with Crippen molar-refractivity contribution in [3.8, 4) is 0 Å². The summed E-state index contributed by atoms with van der Waals surface area (Å²) in [5.74, 6) is -0.0995. The molecule has 0 aliphatic rings. The molecule has 1 amide bonds. The van der Waals surface area contributed by atoms with E-state index in [9.17, 15) is 4.79 Å². The van der Waals surface area contributed by atoms with Gasteiger partial charge in [-0.2, -0.15) is 0 Å². The zero-order valence-electron chi connectivity index (χ0n) is 7.71. The maximum absolute atomic E-state index is 11.0. The number of nitrogens with one attached hydrogen (secondary N) is 1. The summed E-state index contributed by atoms with van der Waals surface area (Å²) in [6, 6.07) is -0.122. The van der Waals surface area contributed by atoms with Gasteiger partial charge in [0.2, 0.25) is 5.91 Å². The summed E-state index contributed by atoms with van der Waals surface area (Å²) in [5.41, 5.74) is 5.41. The van der Waals surface area contributed by atoms with Gasteiger partial charge in [0.05, 0.1) is 6.10 Å². The highest BCUT2D eigenvalue weighted by molar-refractivity contribution is 5.76. The van der Waals surface area contributed by atoms with Gasteiger partial charge < -0.3 is 16.2 Å². The number of amides is 1. The van der Waals surface area contributed by atoms with E-state index in [1.165, 1.54) is 0 Å². The summed E-state index contributed by atoms with van der Waals surface area (Å²) < 4.78 is 0. The molecular formula is C8H18N2O2. The Labute approximate surface area is 73.1 Å². The fourth-order valence-electron chi connectivity index (χ4n) is 0.741. The van der Waals surface area contributed by atoms with Crippen molar-refractivity contribution in [1.29, 1.82) is 0 Å². The Bertz CT molecular complexity index is 137. The minimum absolute atomic E-state index is 0.0995. The van der Waals surface area contributed by atoms with Crippen molar-refractivity contribution in [1.82, 2.24) is 5.32 Å². The van der Waals surface area contributed by atoms with Crippen LogP contribution in [0, 0.1) is 0 Å². The lowest BCUT2D eigenvalue weighted by atomic mass is 10.2. The Morgan fingerprint density at radius 2 is 2.25 bits per heavy atom. The van der Waals surface area contributed by atoms with Crippen LogP contribution in [0.3, 0.4) is 0 Å². The summed E-state index contributed by atoms with van der Waals surface area (Å²) >= 11 is 0. The van der Waals surface area contributed by atoms with Crippen LogP contribution in [-0.2, 0) is 4.79 Å². The topological polar surface area (TPSA) is 75.3 Å². The molecule has 0 aliphatic carbocycles. The smallest absolute Gasteiger partial charge is 0.221 e. The summed E-state index contributed by atoms with van der Waals surface area (Å²) in [7, 11) is 0. The molecule has 0 heterocycles. The Morgan fingerprint density at radius 3 is 2.67 bits per heavy atom. The lowest BCUT2D eigenvalue weighted by molar-refractivity contribution is -0.121. The number of aliphatic hydroxyl groups is 1. The predicted octanol–water partition coefficient (Wildman–Crippen LogP) is -0.389. The monoisotopic (exact) mass is 174 g/mol. The van der Waals surface area contributed by atoms with E-state index in [-0.39, 0.29) is 11.9 Å². The number of rotatable bonds is 5. The molecule has 0 aliphatic heterocycles. The number of hydrogen-bond donors (Lipinski definition) is 3. The molecule has 0 spiro atoms. The van der Waals surface area contributed by atoms with Crippen LogP contribution in [-0.4, -0.2) is 29.7 Å². The number of nitrogens with two attached hydrogens (primary N) is 1. The van der Waals surface area contributed by atoms with Crippen molar-refractivity contribution in [2.75, 3.05) is 6.54 Å². The SMILES string of the molecule is CCC(O)CNC(=O)CC(C)N. The highest BCUT2D eigenvalue weighted by Gasteiger charge is 2.06. The predicted molar refractivity (Wildman–Crippen MR) is 47.6 cm³/mol. The Kier molecular flexibility index (Phi) is 5.66. The Balaban J connectivity index is 3.44. The van der Waals surface area contributed by atoms with Gasteiger partial charge in [-0.15, -0.1) is 0 Å². The highest BCUT2D eigenvalue weighted by atomic mass is 16.3. The Morgan fingerprint density at radius 1 is 1.67 bits per heavy atom. The van der Waals surface area contributed by atoms with E-state index >= 15 is 0 Å². The van der Waals surface area contributed by atoms with Gasteiger partial charge in [-0.1, -0.05) is 6.92 Å². The third-order valence-corrected chi connectivity index (χ3v) is 1.51. The van der Waals surface area contributed by atoms with Crippen LogP contribution in [0.2, 0.25) is 0 Å². The zero-order chi connectivity index (χ0) is 9.56. The number of hydrogen-bond acceptors (Lipinski definition) is 3. The average Bonchev–Trinajstić information content (AvgIpc) is 1.99. The molecule has 0 radical (unpaired) electrons. The molecule has 4 nitrogen and oxygen atoms in total. The van der Waals surface area contributed by atoms with Gasteiger partial charge in [0.1, 0.15) is 0 Å². The van der Waals surface area contributed by atoms with Crippen LogP contribution in [0.1, 0.15) is 26.7 Å². The average molecular weight is 174 g/mol. The van der Waals surface area contributed by atoms with Crippen molar-refractivity contribution in [2.24, 2.45) is 5.73 Å². The van der Waals surface area contributed by atoms with Crippen molar-refractivity contribution >= 4 is 5.91 Å². The minimum atomic E-state index is -0.443. The van der Waals surface area contributed by atoms with Gasteiger partial charge in [-0.3, -0.25) is 4.79 Å². The van der Waals surface area contributed by atoms with E-state index in [1.807, 2.05) is 6.92 Å². The maximum Gasteiger partial charge on any atom is 0.221 e. The minimum Gasteiger partial charge on any atom is -0.391 e. The van der Waals surface area contributed by atoms with Crippen molar-refractivity contribution in [3.63, 3.8) is 0 Å². The van der Waals surface area contributed by atoms with Gasteiger partial charge in [-0.05, 0) is 13.3 Å². The largest absolute Gasteiger partial charge is 0.391 e. The molecule has 0 aromatic heterocycles. The molecule has 4 heteroatoms. The van der Waals surface area contributed by atoms with Crippen LogP contribution >= 0.6 is 0 Å². The summed E-state index contributed by atoms with van der Waals surface area (Å²) in [6.07, 6.45) is 0.525. The zero-order valence-corrected chi connectivity index (χ0v) is 7.71. The second-order valence-corrected chi connectivity index (χ2v) is 3.05. The van der Waals surface area contributed by atoms with E-state index in [1.54, 1.807) is 6.92 Å². The summed E-state index contributed by atoms with van der Waals surface area (Å²) in [4.78, 5) is 11.0. The quantitative estimate of drug-likeness (QED) is 0.531. The molecule has 0 saturated carbocycles. The first-order valence-electron chi connectivity index (χ1n) is 4.26. The molecule has 0 saturated heterocycles. The van der Waals surface area contributed by atoms with Crippen molar-refractivity contribution in [3.05, 3.63) is 0 Å². The maximum atomic E-state index is 11.0. The van der Waals surface area contributed by atoms with Crippen LogP contribution in [0.15, 0.2) is 0 Å². The number of carbonyl (C=O) groups excluding carboxylic acids is 1. The van der Waals surface area contributed by atoms with E-state index in [0.717, 1.165) is 0 Å². The fourth-order valence-corrected chi connectivity index (χ4v) is 0.741. The fraction of sp³-hybridized carbons (Fsp3) is 0.875. The number of aliphatic hydroxyl groups excluding tert-OH is 1. The number of carbonyl (C=O) groups is 1. The summed E-state index contributed by atoms with van der Waals surface area (Å²) in [6.45, 7) is 3.96. The molecule has 0 aromatic carbocycles. The molecule has 2 atom stereocenters. The third-order valence-electron chi connectivity index (χ3n) is 1.51. The Hall–Kier alpha value is -0.610. The van der Waals surface area contributed by atoms with Gasteiger partial charge in [0.15, 0.2) is 0 Å². The molecule has 0 bridgehead atoms. The highest BCUT2D eigenvalue weighted by Crippen LogP contribution is 1.89. The van der Waals surface area contributed by atoms with Crippen molar-refractivity contribution in [2.45, 2.75) is 38.8 Å². The lowest BCUT2D eigenvalue weighted by Crippen LogP contribution is -2.34. The second kappa shape index (κ2) is 5.97. The van der Waals surface area contributed by atoms with E-state index in [0.29, 0.717) is 19.4 Å². The summed E-state index contributed by atoms with van der Waals surface area (Å²) in [5, 5.41) is 11.7. The molecular weight excluding hydrogens is 156 g/mol. The molecule has 4 N–H and O–H groups in total. The van der Waals surface area contributed by atoms with E-state index in [4.69, 9.17) is 10.8 Å². The second-order valence-electron chi connectivity index (χ2n) is 3.05. The van der Waals surface area contributed by atoms with Crippen LogP contribution in [0.25, 0.3) is 0 Å².